The zero-order valence-electron chi connectivity index (χ0n) is 20.6. The normalized spacial score (nSPS) is 47.8. The van der Waals surface area contributed by atoms with E-state index in [0.29, 0.717) is 16.7 Å². The third kappa shape index (κ3) is 3.72. The number of allylic oxidation sites excluding steroid dienone is 1. The van der Waals surface area contributed by atoms with Crippen LogP contribution in [0.5, 0.6) is 0 Å². The van der Waals surface area contributed by atoms with Gasteiger partial charge in [-0.25, -0.2) is 0 Å². The molecule has 0 heterocycles. The first-order valence-electron chi connectivity index (χ1n) is 13.0. The van der Waals surface area contributed by atoms with Gasteiger partial charge in [0.05, 0.1) is 11.2 Å². The van der Waals surface area contributed by atoms with Crippen molar-refractivity contribution in [3.05, 3.63) is 11.6 Å². The molecular formula is C28H48O2. The van der Waals surface area contributed by atoms with Crippen molar-refractivity contribution in [1.29, 1.82) is 0 Å². The molecule has 0 spiro atoms. The second kappa shape index (κ2) is 7.62. The molecule has 1 unspecified atom stereocenters. The molecule has 0 saturated heterocycles. The highest BCUT2D eigenvalue weighted by Crippen LogP contribution is 2.67. The Labute approximate surface area is 185 Å². The Bertz CT molecular complexity index is 674. The first-order chi connectivity index (χ1) is 13.9. The van der Waals surface area contributed by atoms with E-state index in [0.717, 1.165) is 42.9 Å². The smallest absolute Gasteiger partial charge is 0.0657 e. The van der Waals surface area contributed by atoms with Crippen LogP contribution in [0.15, 0.2) is 11.6 Å². The molecule has 4 aliphatic carbocycles. The Hall–Kier alpha value is -0.340. The van der Waals surface area contributed by atoms with Gasteiger partial charge < -0.3 is 10.2 Å². The fourth-order valence-electron chi connectivity index (χ4n) is 8.38. The molecule has 0 amide bonds. The van der Waals surface area contributed by atoms with Gasteiger partial charge in [-0.1, -0.05) is 45.8 Å². The monoisotopic (exact) mass is 416 g/mol. The van der Waals surface area contributed by atoms with E-state index in [1.165, 1.54) is 51.4 Å². The summed E-state index contributed by atoms with van der Waals surface area (Å²) in [5.41, 5.74) is 1.41. The molecule has 0 bridgehead atoms. The highest BCUT2D eigenvalue weighted by molar-refractivity contribution is 5.26. The van der Waals surface area contributed by atoms with E-state index in [-0.39, 0.29) is 0 Å². The van der Waals surface area contributed by atoms with Crippen LogP contribution < -0.4 is 0 Å². The van der Waals surface area contributed by atoms with Crippen LogP contribution in [0.25, 0.3) is 0 Å². The lowest BCUT2D eigenvalue weighted by molar-refractivity contribution is -0.0668. The van der Waals surface area contributed by atoms with E-state index in [2.05, 4.69) is 33.8 Å². The topological polar surface area (TPSA) is 40.5 Å². The summed E-state index contributed by atoms with van der Waals surface area (Å²) < 4.78 is 0. The van der Waals surface area contributed by atoms with Gasteiger partial charge in [0.15, 0.2) is 0 Å². The molecule has 4 aliphatic rings. The van der Waals surface area contributed by atoms with Crippen LogP contribution in [-0.2, 0) is 0 Å². The van der Waals surface area contributed by atoms with Crippen LogP contribution in [0.4, 0.5) is 0 Å². The lowest BCUT2D eigenvalue weighted by Gasteiger charge is -2.59. The summed E-state index contributed by atoms with van der Waals surface area (Å²) in [6.45, 7) is 13.5. The summed E-state index contributed by atoms with van der Waals surface area (Å²) in [5.74, 6) is 3.73. The average Bonchev–Trinajstić information content (AvgIpc) is 2.98. The molecule has 0 aromatic rings. The van der Waals surface area contributed by atoms with Crippen LogP contribution in [0, 0.1) is 40.4 Å². The summed E-state index contributed by atoms with van der Waals surface area (Å²) in [5, 5.41) is 21.3. The second-order valence-electron chi connectivity index (χ2n) is 13.2. The quantitative estimate of drug-likeness (QED) is 0.479. The molecule has 30 heavy (non-hydrogen) atoms. The highest BCUT2D eigenvalue weighted by atomic mass is 16.3. The van der Waals surface area contributed by atoms with E-state index >= 15 is 0 Å². The van der Waals surface area contributed by atoms with Crippen LogP contribution in [0.2, 0.25) is 0 Å². The Morgan fingerprint density at radius 1 is 1.07 bits per heavy atom. The van der Waals surface area contributed by atoms with Crippen LogP contribution in [-0.4, -0.2) is 21.4 Å². The molecule has 0 radical (unpaired) electrons. The van der Waals surface area contributed by atoms with Crippen molar-refractivity contribution in [3.63, 3.8) is 0 Å². The molecule has 172 valence electrons. The van der Waals surface area contributed by atoms with Gasteiger partial charge in [-0.15, -0.1) is 0 Å². The lowest BCUT2D eigenvalue weighted by atomic mass is 9.46. The average molecular weight is 417 g/mol. The fourth-order valence-corrected chi connectivity index (χ4v) is 8.38. The molecule has 0 aromatic carbocycles. The van der Waals surface area contributed by atoms with E-state index in [4.69, 9.17) is 0 Å². The van der Waals surface area contributed by atoms with Crippen molar-refractivity contribution in [2.45, 2.75) is 123 Å². The largest absolute Gasteiger partial charge is 0.390 e. The van der Waals surface area contributed by atoms with Gasteiger partial charge in [0.2, 0.25) is 0 Å². The standard InChI is InChI=1S/C28H48O2/c1-19(2)28(6,30)14-7-8-20-10-12-23-22-11-9-21-18-25(3,29)16-17-27(21,5)24(22)13-15-26(20,23)4/h9,19-20,22-24,29-30H,7-8,10-18H2,1-6H3/t20-,22-,23-,24-,25-,26+,27-,28?/m0/s1. The zero-order valence-corrected chi connectivity index (χ0v) is 20.6. The van der Waals surface area contributed by atoms with Gasteiger partial charge in [-0.05, 0) is 118 Å². The minimum atomic E-state index is -0.516. The Kier molecular flexibility index (Phi) is 5.80. The lowest BCUT2D eigenvalue weighted by Crippen LogP contribution is -2.51. The first-order valence-corrected chi connectivity index (χ1v) is 13.0. The third-order valence-corrected chi connectivity index (χ3v) is 11.1. The minimum Gasteiger partial charge on any atom is -0.390 e. The summed E-state index contributed by atoms with van der Waals surface area (Å²) in [6.07, 6.45) is 15.8. The summed E-state index contributed by atoms with van der Waals surface area (Å²) in [7, 11) is 0. The van der Waals surface area contributed by atoms with Crippen molar-refractivity contribution in [2.75, 3.05) is 0 Å². The van der Waals surface area contributed by atoms with Crippen molar-refractivity contribution >= 4 is 0 Å². The first kappa shape index (κ1) is 22.8. The highest BCUT2D eigenvalue weighted by Gasteiger charge is 2.58. The molecule has 3 saturated carbocycles. The molecule has 2 N–H and O–H groups in total. The maximum atomic E-state index is 10.7. The molecule has 2 heteroatoms. The second-order valence-corrected chi connectivity index (χ2v) is 13.2. The van der Waals surface area contributed by atoms with Crippen LogP contribution in [0.3, 0.4) is 0 Å². The molecule has 0 aliphatic heterocycles. The van der Waals surface area contributed by atoms with E-state index in [9.17, 15) is 10.2 Å². The van der Waals surface area contributed by atoms with Crippen LogP contribution in [0.1, 0.15) is 112 Å². The van der Waals surface area contributed by atoms with Crippen molar-refractivity contribution in [2.24, 2.45) is 40.4 Å². The van der Waals surface area contributed by atoms with E-state index < -0.39 is 11.2 Å². The predicted molar refractivity (Wildman–Crippen MR) is 125 cm³/mol. The fraction of sp³-hybridized carbons (Fsp3) is 0.929. The number of hydrogen-bond donors (Lipinski definition) is 2. The maximum Gasteiger partial charge on any atom is 0.0657 e. The molecule has 8 atom stereocenters. The van der Waals surface area contributed by atoms with E-state index in [1.54, 1.807) is 5.57 Å². The van der Waals surface area contributed by atoms with E-state index in [1.807, 2.05) is 13.8 Å². The molecule has 4 rings (SSSR count). The molecular weight excluding hydrogens is 368 g/mol. The van der Waals surface area contributed by atoms with Gasteiger partial charge >= 0.3 is 0 Å². The molecule has 3 fully saturated rings. The third-order valence-electron chi connectivity index (χ3n) is 11.1. The number of rotatable bonds is 5. The maximum absolute atomic E-state index is 10.7. The van der Waals surface area contributed by atoms with Crippen molar-refractivity contribution < 1.29 is 10.2 Å². The zero-order chi connectivity index (χ0) is 21.9. The summed E-state index contributed by atoms with van der Waals surface area (Å²) in [6, 6.07) is 0. The van der Waals surface area contributed by atoms with Crippen molar-refractivity contribution in [1.82, 2.24) is 0 Å². The minimum absolute atomic E-state index is 0.333. The molecule has 2 nitrogen and oxygen atoms in total. The Morgan fingerprint density at radius 3 is 2.50 bits per heavy atom. The summed E-state index contributed by atoms with van der Waals surface area (Å²) in [4.78, 5) is 0. The Morgan fingerprint density at radius 2 is 1.80 bits per heavy atom. The number of fused-ring (bicyclic) bond motifs is 5. The Balaban J connectivity index is 1.46. The van der Waals surface area contributed by atoms with Crippen molar-refractivity contribution in [3.8, 4) is 0 Å². The van der Waals surface area contributed by atoms with Gasteiger partial charge in [0.1, 0.15) is 0 Å². The van der Waals surface area contributed by atoms with Gasteiger partial charge in [-0.3, -0.25) is 0 Å². The van der Waals surface area contributed by atoms with Gasteiger partial charge in [0.25, 0.3) is 0 Å². The van der Waals surface area contributed by atoms with Gasteiger partial charge in [-0.2, -0.15) is 0 Å². The predicted octanol–water partition coefficient (Wildman–Crippen LogP) is 6.89. The van der Waals surface area contributed by atoms with Crippen LogP contribution >= 0.6 is 0 Å². The van der Waals surface area contributed by atoms with Gasteiger partial charge in [0, 0.05) is 0 Å². The molecule has 0 aromatic heterocycles. The SMILES string of the molecule is CC(C)C(C)(O)CCC[C@H]1CC[C@H]2[C@@H]3CC=C4C[C@@](C)(O)CC[C@]4(C)[C@H]3CC[C@]12C. The number of hydrogen-bond acceptors (Lipinski definition) is 2. The summed E-state index contributed by atoms with van der Waals surface area (Å²) >= 11 is 0. The number of aliphatic hydroxyl groups is 2.